The molecular weight excluding hydrogens is 688 g/mol. The third-order valence-electron chi connectivity index (χ3n) is 10.4. The van der Waals surface area contributed by atoms with Gasteiger partial charge in [0.05, 0.1) is 13.2 Å². The van der Waals surface area contributed by atoms with E-state index in [4.69, 9.17) is 18.9 Å². The highest BCUT2D eigenvalue weighted by molar-refractivity contribution is 5.70. The second kappa shape index (κ2) is 35.8. The Morgan fingerprint density at radius 2 is 0.981 bits per heavy atom. The summed E-state index contributed by atoms with van der Waals surface area (Å²) < 4.78 is 22.1. The number of hydrogen-bond donors (Lipinski definition) is 4. The van der Waals surface area contributed by atoms with E-state index in [1.54, 1.807) is 0 Å². The first-order chi connectivity index (χ1) is 26.3. The fourth-order valence-corrected chi connectivity index (χ4v) is 6.83. The number of unbranched alkanes of at least 4 members (excludes halogenated alkanes) is 24. The average molecular weight is 771 g/mol. The molecule has 4 N–H and O–H groups in total. The first-order valence-corrected chi connectivity index (χ1v) is 22.3. The summed E-state index contributed by atoms with van der Waals surface area (Å²) in [5.41, 5.74) is 0. The van der Waals surface area contributed by atoms with Gasteiger partial charge >= 0.3 is 11.9 Å². The summed E-state index contributed by atoms with van der Waals surface area (Å²) in [5, 5.41) is 40.0. The second-order valence-corrected chi connectivity index (χ2v) is 15.5. The van der Waals surface area contributed by atoms with Crippen LogP contribution < -0.4 is 0 Å². The molecule has 0 amide bonds. The van der Waals surface area contributed by atoms with Crippen LogP contribution in [-0.2, 0) is 28.5 Å². The number of carbonyl (C=O) groups excluding carboxylic acids is 2. The molecule has 10 nitrogen and oxygen atoms in total. The van der Waals surface area contributed by atoms with Gasteiger partial charge in [0.1, 0.15) is 31.0 Å². The van der Waals surface area contributed by atoms with Crippen LogP contribution in [-0.4, -0.2) is 89.0 Å². The molecule has 0 aliphatic carbocycles. The van der Waals surface area contributed by atoms with Crippen molar-refractivity contribution in [1.29, 1.82) is 0 Å². The lowest BCUT2D eigenvalue weighted by molar-refractivity contribution is -0.305. The molecule has 0 aromatic heterocycles. The van der Waals surface area contributed by atoms with E-state index in [1.807, 2.05) is 0 Å². The number of hydrogen-bond acceptors (Lipinski definition) is 10. The molecule has 1 aliphatic heterocycles. The highest BCUT2D eigenvalue weighted by Crippen LogP contribution is 2.23. The van der Waals surface area contributed by atoms with Gasteiger partial charge in [-0.3, -0.25) is 9.59 Å². The number of aliphatic hydroxyl groups is 4. The van der Waals surface area contributed by atoms with Crippen LogP contribution in [0.4, 0.5) is 0 Å². The molecule has 318 valence electrons. The van der Waals surface area contributed by atoms with E-state index in [1.165, 1.54) is 116 Å². The minimum Gasteiger partial charge on any atom is -0.462 e. The van der Waals surface area contributed by atoms with Crippen molar-refractivity contribution in [2.75, 3.05) is 19.8 Å². The van der Waals surface area contributed by atoms with Crippen molar-refractivity contribution in [3.05, 3.63) is 12.2 Å². The lowest BCUT2D eigenvalue weighted by atomic mass is 9.99. The number of aliphatic hydroxyl groups excluding tert-OH is 4. The third kappa shape index (κ3) is 27.1. The Balaban J connectivity index is 2.34. The Kier molecular flexibility index (Phi) is 33.5. The summed E-state index contributed by atoms with van der Waals surface area (Å²) in [6, 6.07) is 0. The molecule has 1 rings (SSSR count). The molecule has 0 aromatic carbocycles. The molecule has 54 heavy (non-hydrogen) atoms. The van der Waals surface area contributed by atoms with Crippen molar-refractivity contribution in [1.82, 2.24) is 0 Å². The molecule has 10 heteroatoms. The zero-order valence-electron chi connectivity index (χ0n) is 34.5. The van der Waals surface area contributed by atoms with Gasteiger partial charge in [0.2, 0.25) is 0 Å². The normalized spacial score (nSPS) is 20.7. The highest BCUT2D eigenvalue weighted by atomic mass is 16.7. The first-order valence-electron chi connectivity index (χ1n) is 22.3. The monoisotopic (exact) mass is 771 g/mol. The fourth-order valence-electron chi connectivity index (χ4n) is 6.83. The van der Waals surface area contributed by atoms with Crippen LogP contribution >= 0.6 is 0 Å². The van der Waals surface area contributed by atoms with E-state index < -0.39 is 49.4 Å². The molecule has 1 heterocycles. The maximum Gasteiger partial charge on any atom is 0.306 e. The lowest BCUT2D eigenvalue weighted by Crippen LogP contribution is -2.59. The van der Waals surface area contributed by atoms with E-state index in [-0.39, 0.29) is 32.0 Å². The van der Waals surface area contributed by atoms with Gasteiger partial charge in [0.25, 0.3) is 0 Å². The molecular formula is C44H82O10. The first kappa shape index (κ1) is 50.5. The Labute approximate surface area is 329 Å². The molecule has 0 spiro atoms. The Bertz CT molecular complexity index is 897. The van der Waals surface area contributed by atoms with Gasteiger partial charge in [-0.1, -0.05) is 161 Å². The standard InChI is InChI=1S/C44H82O10/c1-3-5-7-9-11-13-15-17-19-21-23-25-27-29-31-33-40(47)53-37(36-52-44-43(50)42(49)41(48)38(34-45)54-44)35-51-39(46)32-30-28-26-24-22-20-18-16-14-12-10-8-6-4-2/h17,19,37-38,41-45,48-50H,3-16,18,20-36H2,1-2H3/b19-17-. The molecule has 0 saturated carbocycles. The smallest absolute Gasteiger partial charge is 0.306 e. The maximum absolute atomic E-state index is 12.7. The number of allylic oxidation sites excluding steroid dienone is 2. The average Bonchev–Trinajstić information content (AvgIpc) is 3.17. The Morgan fingerprint density at radius 3 is 1.44 bits per heavy atom. The molecule has 1 saturated heterocycles. The summed E-state index contributed by atoms with van der Waals surface area (Å²) in [6.45, 7) is 3.42. The highest BCUT2D eigenvalue weighted by Gasteiger charge is 2.44. The van der Waals surface area contributed by atoms with Gasteiger partial charge in [-0.15, -0.1) is 0 Å². The maximum atomic E-state index is 12.7. The summed E-state index contributed by atoms with van der Waals surface area (Å²) in [5.74, 6) is -0.807. The van der Waals surface area contributed by atoms with E-state index >= 15 is 0 Å². The number of carbonyl (C=O) groups is 2. The van der Waals surface area contributed by atoms with Gasteiger partial charge < -0.3 is 39.4 Å². The topological polar surface area (TPSA) is 152 Å². The van der Waals surface area contributed by atoms with Gasteiger partial charge in [0, 0.05) is 12.8 Å². The minimum atomic E-state index is -1.59. The lowest BCUT2D eigenvalue weighted by Gasteiger charge is -2.39. The van der Waals surface area contributed by atoms with Gasteiger partial charge in [0.15, 0.2) is 12.4 Å². The Morgan fingerprint density at radius 1 is 0.556 bits per heavy atom. The molecule has 1 aliphatic rings. The zero-order chi connectivity index (χ0) is 39.5. The molecule has 0 aromatic rings. The molecule has 0 bridgehead atoms. The minimum absolute atomic E-state index is 0.215. The number of rotatable bonds is 37. The van der Waals surface area contributed by atoms with Crippen LogP contribution in [0.3, 0.4) is 0 Å². The van der Waals surface area contributed by atoms with Gasteiger partial charge in [-0.25, -0.2) is 0 Å². The predicted molar refractivity (Wildman–Crippen MR) is 215 cm³/mol. The van der Waals surface area contributed by atoms with Gasteiger partial charge in [-0.05, 0) is 38.5 Å². The van der Waals surface area contributed by atoms with Crippen LogP contribution in [0.25, 0.3) is 0 Å². The largest absolute Gasteiger partial charge is 0.462 e. The Hall–Kier alpha value is -1.56. The van der Waals surface area contributed by atoms with Crippen molar-refractivity contribution in [3.63, 3.8) is 0 Å². The summed E-state index contributed by atoms with van der Waals surface area (Å²) in [4.78, 5) is 25.3. The van der Waals surface area contributed by atoms with Gasteiger partial charge in [-0.2, -0.15) is 0 Å². The van der Waals surface area contributed by atoms with Crippen LogP contribution in [0.15, 0.2) is 12.2 Å². The van der Waals surface area contributed by atoms with E-state index in [9.17, 15) is 30.0 Å². The van der Waals surface area contributed by atoms with Crippen molar-refractivity contribution >= 4 is 11.9 Å². The van der Waals surface area contributed by atoms with E-state index in [0.29, 0.717) is 6.42 Å². The fraction of sp³-hybridized carbons (Fsp3) is 0.909. The van der Waals surface area contributed by atoms with Crippen molar-refractivity contribution < 1.29 is 49.0 Å². The molecule has 6 atom stereocenters. The quantitative estimate of drug-likeness (QED) is 0.0273. The van der Waals surface area contributed by atoms with Crippen molar-refractivity contribution in [3.8, 4) is 0 Å². The van der Waals surface area contributed by atoms with Crippen molar-refractivity contribution in [2.45, 2.75) is 237 Å². The number of ether oxygens (including phenoxy) is 4. The van der Waals surface area contributed by atoms with Crippen LogP contribution in [0, 0.1) is 0 Å². The SMILES string of the molecule is CCCCCCCC/C=C\CCCCCCCC(=O)OC(COC(=O)CCCCCCCCCCCCCCCC)COC1OC(CO)C(O)C(O)C1O. The summed E-state index contributed by atoms with van der Waals surface area (Å²) >= 11 is 0. The summed E-state index contributed by atoms with van der Waals surface area (Å²) in [6.07, 6.45) is 29.3. The van der Waals surface area contributed by atoms with E-state index in [2.05, 4.69) is 26.0 Å². The molecule has 1 fully saturated rings. The summed E-state index contributed by atoms with van der Waals surface area (Å²) in [7, 11) is 0. The third-order valence-corrected chi connectivity index (χ3v) is 10.4. The van der Waals surface area contributed by atoms with E-state index in [0.717, 1.165) is 51.4 Å². The van der Waals surface area contributed by atoms with Crippen molar-refractivity contribution in [2.24, 2.45) is 0 Å². The number of esters is 2. The van der Waals surface area contributed by atoms with Crippen LogP contribution in [0.5, 0.6) is 0 Å². The van der Waals surface area contributed by atoms with Crippen LogP contribution in [0.2, 0.25) is 0 Å². The predicted octanol–water partition coefficient (Wildman–Crippen LogP) is 9.17. The molecule has 0 radical (unpaired) electrons. The van der Waals surface area contributed by atoms with Crippen LogP contribution in [0.1, 0.15) is 200 Å². The zero-order valence-corrected chi connectivity index (χ0v) is 34.5. The second-order valence-electron chi connectivity index (χ2n) is 15.5. The molecule has 6 unspecified atom stereocenters.